The van der Waals surface area contributed by atoms with E-state index in [1.807, 2.05) is 0 Å². The Morgan fingerprint density at radius 3 is 1.35 bits per heavy atom. The van der Waals surface area contributed by atoms with Gasteiger partial charge in [0, 0.05) is 50.6 Å². The standard InChI is InChI=1S/C81H81BN4/c1-50-42-70-74-71(43-50)86-72-47-58(80(11,12)13)45-65-64-44-57(79(8,9)10)32-41-68(64)85(75(65)72)73-48-59(81(14,15)16)46-67(76(73)86)82(74)66-40-39-63(83(60-35-28-55(29-36-60)77(2,3)4)61-37-30-56(31-38-61)78(5,6)7)49-69(66)84(70)62-33-26-54(27-34-62)53-24-22-52(23-25-53)51-20-18-17-19-21-51/h17-49H,1-16H3. The number of aromatic nitrogens is 1. The fourth-order valence-corrected chi connectivity index (χ4v) is 13.9. The van der Waals surface area contributed by atoms with Gasteiger partial charge in [0.1, 0.15) is 0 Å². The van der Waals surface area contributed by atoms with Crippen molar-refractivity contribution in [3.8, 4) is 27.9 Å². The molecule has 4 heterocycles. The number of hydrogen-bond donors (Lipinski definition) is 0. The molecule has 3 aliphatic heterocycles. The highest BCUT2D eigenvalue weighted by Crippen LogP contribution is 2.55. The van der Waals surface area contributed by atoms with Crippen molar-refractivity contribution in [2.24, 2.45) is 0 Å². The molecule has 0 fully saturated rings. The molecule has 0 saturated carbocycles. The van der Waals surface area contributed by atoms with Crippen molar-refractivity contribution in [3.05, 3.63) is 234 Å². The smallest absolute Gasteiger partial charge is 0.252 e. The molecule has 1 aromatic heterocycles. The van der Waals surface area contributed by atoms with E-state index < -0.39 is 0 Å². The molecule has 0 radical (unpaired) electrons. The maximum absolute atomic E-state index is 2.70. The molecule has 14 rings (SSSR count). The van der Waals surface area contributed by atoms with Crippen molar-refractivity contribution in [1.29, 1.82) is 0 Å². The van der Waals surface area contributed by atoms with Crippen LogP contribution < -0.4 is 31.1 Å². The van der Waals surface area contributed by atoms with Crippen LogP contribution in [0.1, 0.15) is 137 Å². The van der Waals surface area contributed by atoms with Gasteiger partial charge in [0.25, 0.3) is 6.71 Å². The summed E-state index contributed by atoms with van der Waals surface area (Å²) in [6.07, 6.45) is 0. The molecule has 428 valence electrons. The lowest BCUT2D eigenvalue weighted by molar-refractivity contribution is 0.590. The second kappa shape index (κ2) is 19.2. The summed E-state index contributed by atoms with van der Waals surface area (Å²) >= 11 is 0. The molecule has 10 aromatic carbocycles. The maximum Gasteiger partial charge on any atom is 0.252 e. The van der Waals surface area contributed by atoms with Gasteiger partial charge in [-0.1, -0.05) is 213 Å². The Morgan fingerprint density at radius 1 is 0.337 bits per heavy atom. The molecule has 0 aliphatic carbocycles. The van der Waals surface area contributed by atoms with E-state index in [1.165, 1.54) is 128 Å². The fraction of sp³-hybridized carbons (Fsp3) is 0.259. The van der Waals surface area contributed by atoms with Gasteiger partial charge >= 0.3 is 0 Å². The molecule has 0 bridgehead atoms. The summed E-state index contributed by atoms with van der Waals surface area (Å²) in [7, 11) is 0. The number of anilines is 9. The number of fused-ring (bicyclic) bond motifs is 9. The third-order valence-corrected chi connectivity index (χ3v) is 18.9. The molecule has 0 N–H and O–H groups in total. The van der Waals surface area contributed by atoms with Crippen LogP contribution >= 0.6 is 0 Å². The van der Waals surface area contributed by atoms with Gasteiger partial charge in [0.2, 0.25) is 0 Å². The van der Waals surface area contributed by atoms with E-state index in [1.54, 1.807) is 0 Å². The zero-order valence-electron chi connectivity index (χ0n) is 53.4. The van der Waals surface area contributed by atoms with E-state index in [-0.39, 0.29) is 33.8 Å². The number of benzene rings is 10. The molecule has 4 nitrogen and oxygen atoms in total. The maximum atomic E-state index is 2.70. The van der Waals surface area contributed by atoms with Crippen molar-refractivity contribution in [2.75, 3.05) is 14.7 Å². The Bertz CT molecular complexity index is 4450. The van der Waals surface area contributed by atoms with Crippen molar-refractivity contribution in [1.82, 2.24) is 4.57 Å². The minimum atomic E-state index is -0.146. The summed E-state index contributed by atoms with van der Waals surface area (Å²) in [5, 5.41) is 2.62. The lowest BCUT2D eigenvalue weighted by atomic mass is 9.33. The van der Waals surface area contributed by atoms with Crippen LogP contribution in [0.25, 0.3) is 49.7 Å². The molecular weight excluding hydrogens is 1040 g/mol. The zero-order valence-corrected chi connectivity index (χ0v) is 53.4. The first-order valence-electron chi connectivity index (χ1n) is 31.2. The van der Waals surface area contributed by atoms with E-state index in [0.717, 1.165) is 22.7 Å². The Hall–Kier alpha value is -8.54. The minimum Gasteiger partial charge on any atom is -0.311 e. The average Bonchev–Trinajstić information content (AvgIpc) is 1.18. The highest BCUT2D eigenvalue weighted by atomic mass is 15.2. The predicted molar refractivity (Wildman–Crippen MR) is 372 cm³/mol. The topological polar surface area (TPSA) is 14.7 Å². The number of rotatable bonds is 6. The van der Waals surface area contributed by atoms with Crippen molar-refractivity contribution < 1.29 is 0 Å². The molecule has 0 atom stereocenters. The highest BCUT2D eigenvalue weighted by Gasteiger charge is 2.47. The molecular formula is C81H81BN4. The molecule has 0 spiro atoms. The molecule has 0 unspecified atom stereocenters. The van der Waals surface area contributed by atoms with E-state index in [9.17, 15) is 0 Å². The first-order valence-corrected chi connectivity index (χ1v) is 31.2. The van der Waals surface area contributed by atoms with Crippen LogP contribution in [-0.4, -0.2) is 11.3 Å². The van der Waals surface area contributed by atoms with Crippen LogP contribution in [0.15, 0.2) is 200 Å². The Balaban J connectivity index is 1.05. The van der Waals surface area contributed by atoms with E-state index in [2.05, 4.69) is 330 Å². The molecule has 86 heavy (non-hydrogen) atoms. The van der Waals surface area contributed by atoms with Gasteiger partial charge in [0.15, 0.2) is 0 Å². The first kappa shape index (κ1) is 55.3. The van der Waals surface area contributed by atoms with E-state index in [4.69, 9.17) is 0 Å². The summed E-state index contributed by atoms with van der Waals surface area (Å²) < 4.78 is 2.65. The van der Waals surface area contributed by atoms with Gasteiger partial charge in [0.05, 0.1) is 28.1 Å². The summed E-state index contributed by atoms with van der Waals surface area (Å²) in [5.74, 6) is 0. The van der Waals surface area contributed by atoms with E-state index in [0.29, 0.717) is 0 Å². The third-order valence-electron chi connectivity index (χ3n) is 18.9. The SMILES string of the molecule is Cc1cc2c3c(c1)N1c4c(cc(C(C)(C)C)cc4-n4c5ccc(C(C)(C)C)cc5c5cc(C(C)(C)C)cc1c54)B3c1ccc(N(c3ccc(C(C)(C)C)cc3)c3ccc(C(C)(C)C)cc3)cc1N2c1ccc(-c2ccc(-c3ccccc3)cc2)cc1. The van der Waals surface area contributed by atoms with Gasteiger partial charge in [-0.05, 0) is 197 Å². The van der Waals surface area contributed by atoms with Gasteiger partial charge in [-0.3, -0.25) is 0 Å². The van der Waals surface area contributed by atoms with Crippen molar-refractivity contribution >= 4 is 96.1 Å². The molecule has 11 aromatic rings. The lowest BCUT2D eigenvalue weighted by Gasteiger charge is -2.47. The van der Waals surface area contributed by atoms with Crippen molar-refractivity contribution in [2.45, 2.75) is 138 Å². The molecule has 5 heteroatoms. The largest absolute Gasteiger partial charge is 0.311 e. The number of nitrogens with zero attached hydrogens (tertiary/aromatic N) is 4. The third kappa shape index (κ3) is 9.01. The summed E-state index contributed by atoms with van der Waals surface area (Å²) in [5.41, 5.74) is 30.8. The van der Waals surface area contributed by atoms with Crippen molar-refractivity contribution in [3.63, 3.8) is 0 Å². The number of hydrogen-bond acceptors (Lipinski definition) is 3. The van der Waals surface area contributed by atoms with Gasteiger partial charge in [-0.25, -0.2) is 0 Å². The molecule has 0 amide bonds. The first-order chi connectivity index (χ1) is 40.7. The van der Waals surface area contributed by atoms with Crippen LogP contribution in [0.4, 0.5) is 51.2 Å². The number of aryl methyl sites for hydroxylation is 1. The summed E-state index contributed by atoms with van der Waals surface area (Å²) in [6, 6.07) is 77.4. The second-order valence-corrected chi connectivity index (χ2v) is 30.1. The van der Waals surface area contributed by atoms with Gasteiger partial charge < -0.3 is 19.3 Å². The Morgan fingerprint density at radius 2 is 0.802 bits per heavy atom. The zero-order chi connectivity index (χ0) is 60.3. The fourth-order valence-electron chi connectivity index (χ4n) is 13.9. The second-order valence-electron chi connectivity index (χ2n) is 30.1. The van der Waals surface area contributed by atoms with Crippen LogP contribution in [0.3, 0.4) is 0 Å². The van der Waals surface area contributed by atoms with E-state index >= 15 is 0 Å². The Labute approximate surface area is 511 Å². The van der Waals surface area contributed by atoms with Crippen LogP contribution in [-0.2, 0) is 27.1 Å². The summed E-state index contributed by atoms with van der Waals surface area (Å²) in [6.45, 7) is 37.3. The predicted octanol–water partition coefficient (Wildman–Crippen LogP) is 20.8. The quantitative estimate of drug-likeness (QED) is 0.154. The molecule has 3 aliphatic rings. The monoisotopic (exact) mass is 1120 g/mol. The average molecular weight is 1120 g/mol. The lowest BCUT2D eigenvalue weighted by Crippen LogP contribution is -2.62. The van der Waals surface area contributed by atoms with Gasteiger partial charge in [-0.2, -0.15) is 0 Å². The Kier molecular flexibility index (Phi) is 12.4. The van der Waals surface area contributed by atoms with Crippen LogP contribution in [0.2, 0.25) is 0 Å². The minimum absolute atomic E-state index is 0.0135. The van der Waals surface area contributed by atoms with Crippen LogP contribution in [0.5, 0.6) is 0 Å². The molecule has 0 saturated heterocycles. The normalized spacial score (nSPS) is 13.7. The van der Waals surface area contributed by atoms with Gasteiger partial charge in [-0.15, -0.1) is 0 Å². The highest BCUT2D eigenvalue weighted by molar-refractivity contribution is 7.00. The summed E-state index contributed by atoms with van der Waals surface area (Å²) in [4.78, 5) is 7.77. The van der Waals surface area contributed by atoms with Crippen LogP contribution in [0, 0.1) is 6.92 Å².